The number of anilines is 1. The third-order valence-corrected chi connectivity index (χ3v) is 3.61. The molecule has 0 unspecified atom stereocenters. The van der Waals surface area contributed by atoms with Gasteiger partial charge in [-0.25, -0.2) is 0 Å². The van der Waals surface area contributed by atoms with Crippen LogP contribution in [0.25, 0.3) is 11.4 Å². The summed E-state index contributed by atoms with van der Waals surface area (Å²) in [6.45, 7) is 1.83. The van der Waals surface area contributed by atoms with Gasteiger partial charge in [-0.2, -0.15) is 4.98 Å². The van der Waals surface area contributed by atoms with Crippen LogP contribution in [0.3, 0.4) is 0 Å². The normalized spacial score (nSPS) is 10.4. The highest BCUT2D eigenvalue weighted by Gasteiger charge is 2.09. The molecule has 1 heterocycles. The molecule has 7 nitrogen and oxygen atoms in total. The highest BCUT2D eigenvalue weighted by atomic mass is 16.5. The van der Waals surface area contributed by atoms with Gasteiger partial charge in [0, 0.05) is 17.7 Å². The summed E-state index contributed by atoms with van der Waals surface area (Å²) in [4.78, 5) is 16.3. The summed E-state index contributed by atoms with van der Waals surface area (Å²) in [5.41, 5.74) is 1.44. The van der Waals surface area contributed by atoms with Crippen molar-refractivity contribution in [3.63, 3.8) is 0 Å². The summed E-state index contributed by atoms with van der Waals surface area (Å²) < 4.78 is 15.8. The molecule has 7 heteroatoms. The highest BCUT2D eigenvalue weighted by molar-refractivity contribution is 5.91. The van der Waals surface area contributed by atoms with Gasteiger partial charge in [-0.3, -0.25) is 4.79 Å². The van der Waals surface area contributed by atoms with Gasteiger partial charge in [-0.1, -0.05) is 24.2 Å². The Balaban J connectivity index is 1.58. The van der Waals surface area contributed by atoms with Crippen LogP contribution in [-0.4, -0.2) is 29.8 Å². The molecule has 134 valence electrons. The number of carbonyl (C=O) groups is 1. The lowest BCUT2D eigenvalue weighted by Gasteiger charge is -2.08. The summed E-state index contributed by atoms with van der Waals surface area (Å²) in [7, 11) is 1.59. The Morgan fingerprint density at radius 2 is 1.96 bits per heavy atom. The summed E-state index contributed by atoms with van der Waals surface area (Å²) in [5, 5.41) is 6.69. The van der Waals surface area contributed by atoms with Crippen LogP contribution in [0.4, 0.5) is 5.69 Å². The van der Waals surface area contributed by atoms with Crippen molar-refractivity contribution in [2.24, 2.45) is 0 Å². The standard InChI is InChI=1S/C19H19N3O4/c1-3-18-21-19(22-26-18)13-5-4-6-16(11-13)25-12-17(23)20-14-7-9-15(24-2)10-8-14/h4-11H,3,12H2,1-2H3,(H,20,23). The number of amides is 1. The smallest absolute Gasteiger partial charge is 0.262 e. The van der Waals surface area contributed by atoms with Crippen molar-refractivity contribution >= 4 is 11.6 Å². The first kappa shape index (κ1) is 17.5. The molecule has 3 aromatic rings. The number of hydrogen-bond donors (Lipinski definition) is 1. The fraction of sp³-hybridized carbons (Fsp3) is 0.211. The van der Waals surface area contributed by atoms with Gasteiger partial charge in [-0.15, -0.1) is 0 Å². The Morgan fingerprint density at radius 1 is 1.15 bits per heavy atom. The minimum Gasteiger partial charge on any atom is -0.497 e. The number of nitrogens with one attached hydrogen (secondary N) is 1. The van der Waals surface area contributed by atoms with Crippen LogP contribution in [0, 0.1) is 0 Å². The van der Waals surface area contributed by atoms with Crippen LogP contribution in [0.2, 0.25) is 0 Å². The van der Waals surface area contributed by atoms with E-state index in [4.69, 9.17) is 14.0 Å². The molecule has 1 N–H and O–H groups in total. The van der Waals surface area contributed by atoms with Gasteiger partial charge in [0.15, 0.2) is 6.61 Å². The van der Waals surface area contributed by atoms with Gasteiger partial charge >= 0.3 is 0 Å². The SMILES string of the molecule is CCc1nc(-c2cccc(OCC(=O)Nc3ccc(OC)cc3)c2)no1. The van der Waals surface area contributed by atoms with Gasteiger partial charge in [0.25, 0.3) is 5.91 Å². The van der Waals surface area contributed by atoms with E-state index in [-0.39, 0.29) is 12.5 Å². The monoisotopic (exact) mass is 353 g/mol. The topological polar surface area (TPSA) is 86.5 Å². The molecule has 0 saturated carbocycles. The van der Waals surface area contributed by atoms with Gasteiger partial charge in [0.1, 0.15) is 11.5 Å². The Labute approximate surface area is 150 Å². The van der Waals surface area contributed by atoms with Gasteiger partial charge < -0.3 is 19.3 Å². The maximum Gasteiger partial charge on any atom is 0.262 e. The van der Waals surface area contributed by atoms with Crippen LogP contribution in [-0.2, 0) is 11.2 Å². The molecule has 1 amide bonds. The Bertz CT molecular complexity index is 875. The van der Waals surface area contributed by atoms with E-state index in [9.17, 15) is 4.79 Å². The molecule has 0 spiro atoms. The van der Waals surface area contributed by atoms with Crippen LogP contribution >= 0.6 is 0 Å². The van der Waals surface area contributed by atoms with E-state index in [0.717, 1.165) is 11.3 Å². The number of benzene rings is 2. The second-order valence-electron chi connectivity index (χ2n) is 5.46. The Morgan fingerprint density at radius 3 is 2.65 bits per heavy atom. The first-order chi connectivity index (χ1) is 12.7. The number of hydrogen-bond acceptors (Lipinski definition) is 6. The lowest BCUT2D eigenvalue weighted by Crippen LogP contribution is -2.20. The molecule has 0 atom stereocenters. The molecule has 1 aromatic heterocycles. The zero-order chi connectivity index (χ0) is 18.4. The Hall–Kier alpha value is -3.35. The fourth-order valence-electron chi connectivity index (χ4n) is 2.26. The van der Waals surface area contributed by atoms with Crippen molar-refractivity contribution in [3.8, 4) is 22.9 Å². The summed E-state index contributed by atoms with van der Waals surface area (Å²) in [6.07, 6.45) is 0.675. The fourth-order valence-corrected chi connectivity index (χ4v) is 2.26. The number of nitrogens with zero attached hydrogens (tertiary/aromatic N) is 2. The van der Waals surface area contributed by atoms with E-state index in [1.165, 1.54) is 0 Å². The molecule has 0 aliphatic heterocycles. The van der Waals surface area contributed by atoms with Crippen molar-refractivity contribution in [1.29, 1.82) is 0 Å². The van der Waals surface area contributed by atoms with E-state index < -0.39 is 0 Å². The molecule has 2 aromatic carbocycles. The third-order valence-electron chi connectivity index (χ3n) is 3.61. The molecule has 0 saturated heterocycles. The average molecular weight is 353 g/mol. The van der Waals surface area contributed by atoms with Crippen molar-refractivity contribution in [2.75, 3.05) is 19.0 Å². The molecular weight excluding hydrogens is 334 g/mol. The first-order valence-electron chi connectivity index (χ1n) is 8.17. The maximum atomic E-state index is 12.0. The van der Waals surface area contributed by atoms with Crippen molar-refractivity contribution < 1.29 is 18.8 Å². The molecule has 0 bridgehead atoms. The molecule has 0 fully saturated rings. The lowest BCUT2D eigenvalue weighted by molar-refractivity contribution is -0.118. The van der Waals surface area contributed by atoms with Gasteiger partial charge in [0.05, 0.1) is 7.11 Å². The van der Waals surface area contributed by atoms with Crippen molar-refractivity contribution in [1.82, 2.24) is 10.1 Å². The zero-order valence-electron chi connectivity index (χ0n) is 14.6. The van der Waals surface area contributed by atoms with E-state index in [2.05, 4.69) is 15.5 Å². The molecule has 0 aliphatic carbocycles. The predicted octanol–water partition coefficient (Wildman–Crippen LogP) is 3.33. The van der Waals surface area contributed by atoms with Crippen LogP contribution < -0.4 is 14.8 Å². The van der Waals surface area contributed by atoms with E-state index in [1.807, 2.05) is 19.1 Å². The summed E-state index contributed by atoms with van der Waals surface area (Å²) in [6, 6.07) is 14.3. The number of methoxy groups -OCH3 is 1. The number of rotatable bonds is 7. The molecule has 26 heavy (non-hydrogen) atoms. The largest absolute Gasteiger partial charge is 0.497 e. The molecule has 0 radical (unpaired) electrons. The number of ether oxygens (including phenoxy) is 2. The third kappa shape index (κ3) is 4.38. The van der Waals surface area contributed by atoms with E-state index in [0.29, 0.717) is 29.6 Å². The van der Waals surface area contributed by atoms with Crippen LogP contribution in [0.5, 0.6) is 11.5 Å². The highest BCUT2D eigenvalue weighted by Crippen LogP contribution is 2.22. The lowest BCUT2D eigenvalue weighted by atomic mass is 10.2. The zero-order valence-corrected chi connectivity index (χ0v) is 14.6. The second-order valence-corrected chi connectivity index (χ2v) is 5.46. The van der Waals surface area contributed by atoms with Crippen LogP contribution in [0.1, 0.15) is 12.8 Å². The van der Waals surface area contributed by atoms with Gasteiger partial charge in [-0.05, 0) is 36.4 Å². The predicted molar refractivity (Wildman–Crippen MR) is 96.2 cm³/mol. The second kappa shape index (κ2) is 8.15. The minimum atomic E-state index is -0.256. The minimum absolute atomic E-state index is 0.109. The number of aryl methyl sites for hydroxylation is 1. The maximum absolute atomic E-state index is 12.0. The van der Waals surface area contributed by atoms with E-state index in [1.54, 1.807) is 43.5 Å². The quantitative estimate of drug-likeness (QED) is 0.701. The Kier molecular flexibility index (Phi) is 5.48. The van der Waals surface area contributed by atoms with Crippen molar-refractivity contribution in [2.45, 2.75) is 13.3 Å². The van der Waals surface area contributed by atoms with Crippen LogP contribution in [0.15, 0.2) is 53.1 Å². The first-order valence-corrected chi connectivity index (χ1v) is 8.17. The summed E-state index contributed by atoms with van der Waals surface area (Å²) in [5.74, 6) is 2.09. The molecular formula is C19H19N3O4. The van der Waals surface area contributed by atoms with Crippen molar-refractivity contribution in [3.05, 3.63) is 54.4 Å². The molecule has 3 rings (SSSR count). The van der Waals surface area contributed by atoms with Gasteiger partial charge in [0.2, 0.25) is 11.7 Å². The molecule has 0 aliphatic rings. The average Bonchev–Trinajstić information content (AvgIpc) is 3.17. The van der Waals surface area contributed by atoms with E-state index >= 15 is 0 Å². The summed E-state index contributed by atoms with van der Waals surface area (Å²) >= 11 is 0. The number of carbonyl (C=O) groups excluding carboxylic acids is 1. The number of aromatic nitrogens is 2.